The Bertz CT molecular complexity index is 696. The molecule has 0 aliphatic heterocycles. The predicted molar refractivity (Wildman–Crippen MR) is 74.6 cm³/mol. The Morgan fingerprint density at radius 2 is 2.15 bits per heavy atom. The van der Waals surface area contributed by atoms with E-state index in [-0.39, 0.29) is 5.57 Å². The SMILES string of the molecule is COC(=O)C(C#N)=Cc1cn[nH]c1-c1ccc(Cl)cc1. The van der Waals surface area contributed by atoms with Crippen LogP contribution in [0.15, 0.2) is 36.0 Å². The van der Waals surface area contributed by atoms with E-state index >= 15 is 0 Å². The van der Waals surface area contributed by atoms with Gasteiger partial charge in [-0.05, 0) is 18.2 Å². The monoisotopic (exact) mass is 287 g/mol. The van der Waals surface area contributed by atoms with Crippen LogP contribution in [0, 0.1) is 11.3 Å². The van der Waals surface area contributed by atoms with Crippen molar-refractivity contribution in [3.05, 3.63) is 46.6 Å². The van der Waals surface area contributed by atoms with E-state index in [9.17, 15) is 4.79 Å². The summed E-state index contributed by atoms with van der Waals surface area (Å²) in [6.45, 7) is 0. The number of methoxy groups -OCH3 is 1. The van der Waals surface area contributed by atoms with Crippen molar-refractivity contribution in [1.82, 2.24) is 10.2 Å². The van der Waals surface area contributed by atoms with Gasteiger partial charge in [-0.2, -0.15) is 10.4 Å². The zero-order valence-corrected chi connectivity index (χ0v) is 11.3. The number of carbonyl (C=O) groups is 1. The van der Waals surface area contributed by atoms with Gasteiger partial charge in [0.2, 0.25) is 0 Å². The fourth-order valence-corrected chi connectivity index (χ4v) is 1.78. The number of aromatic nitrogens is 2. The molecular formula is C14H10ClN3O2. The molecule has 1 N–H and O–H groups in total. The van der Waals surface area contributed by atoms with E-state index in [1.54, 1.807) is 18.2 Å². The summed E-state index contributed by atoms with van der Waals surface area (Å²) < 4.78 is 4.54. The summed E-state index contributed by atoms with van der Waals surface area (Å²) >= 11 is 5.84. The van der Waals surface area contributed by atoms with Crippen LogP contribution in [0.5, 0.6) is 0 Å². The van der Waals surface area contributed by atoms with E-state index in [0.29, 0.717) is 16.3 Å². The minimum atomic E-state index is -0.684. The van der Waals surface area contributed by atoms with Crippen LogP contribution >= 0.6 is 11.6 Å². The number of rotatable bonds is 3. The summed E-state index contributed by atoms with van der Waals surface area (Å²) in [4.78, 5) is 11.4. The first-order chi connectivity index (χ1) is 9.65. The van der Waals surface area contributed by atoms with Crippen LogP contribution in [0.25, 0.3) is 17.3 Å². The van der Waals surface area contributed by atoms with Gasteiger partial charge in [0.05, 0.1) is 19.0 Å². The fraction of sp³-hybridized carbons (Fsp3) is 0.0714. The first kappa shape index (κ1) is 13.8. The molecule has 6 heteroatoms. The molecule has 0 atom stereocenters. The lowest BCUT2D eigenvalue weighted by atomic mass is 10.1. The molecule has 20 heavy (non-hydrogen) atoms. The van der Waals surface area contributed by atoms with Gasteiger partial charge in [0.25, 0.3) is 0 Å². The molecule has 2 aromatic rings. The number of hydrogen-bond acceptors (Lipinski definition) is 4. The van der Waals surface area contributed by atoms with E-state index in [1.165, 1.54) is 19.4 Å². The Kier molecular flexibility index (Phi) is 4.18. The van der Waals surface area contributed by atoms with Gasteiger partial charge in [-0.1, -0.05) is 23.7 Å². The van der Waals surface area contributed by atoms with Gasteiger partial charge in [-0.3, -0.25) is 5.10 Å². The zero-order valence-electron chi connectivity index (χ0n) is 10.6. The zero-order chi connectivity index (χ0) is 14.5. The number of aromatic amines is 1. The topological polar surface area (TPSA) is 78.8 Å². The van der Waals surface area contributed by atoms with Crippen molar-refractivity contribution in [3.8, 4) is 17.3 Å². The molecule has 0 amide bonds. The number of nitrogens with zero attached hydrogens (tertiary/aromatic N) is 2. The second-order valence-corrected chi connectivity index (χ2v) is 4.31. The lowest BCUT2D eigenvalue weighted by Crippen LogP contribution is -2.02. The van der Waals surface area contributed by atoms with Crippen LogP contribution in [0.3, 0.4) is 0 Å². The number of hydrogen-bond donors (Lipinski definition) is 1. The highest BCUT2D eigenvalue weighted by molar-refractivity contribution is 6.30. The van der Waals surface area contributed by atoms with Gasteiger partial charge in [-0.25, -0.2) is 4.79 Å². The van der Waals surface area contributed by atoms with Crippen LogP contribution in [-0.4, -0.2) is 23.3 Å². The maximum absolute atomic E-state index is 11.4. The summed E-state index contributed by atoms with van der Waals surface area (Å²) in [7, 11) is 1.23. The maximum atomic E-state index is 11.4. The molecule has 1 heterocycles. The lowest BCUT2D eigenvalue weighted by molar-refractivity contribution is -0.135. The average molecular weight is 288 g/mol. The van der Waals surface area contributed by atoms with E-state index in [2.05, 4.69) is 14.9 Å². The molecule has 1 aromatic carbocycles. The molecule has 0 aliphatic rings. The third-order valence-corrected chi connectivity index (χ3v) is 2.88. The molecule has 0 fully saturated rings. The van der Waals surface area contributed by atoms with Gasteiger partial charge in [0.15, 0.2) is 0 Å². The molecule has 5 nitrogen and oxygen atoms in total. The van der Waals surface area contributed by atoms with E-state index in [0.717, 1.165) is 5.56 Å². The van der Waals surface area contributed by atoms with Crippen molar-refractivity contribution in [1.29, 1.82) is 5.26 Å². The molecular weight excluding hydrogens is 278 g/mol. The Morgan fingerprint density at radius 3 is 2.75 bits per heavy atom. The maximum Gasteiger partial charge on any atom is 0.348 e. The second kappa shape index (κ2) is 6.04. The second-order valence-electron chi connectivity index (χ2n) is 3.87. The number of H-pyrrole nitrogens is 1. The Labute approximate surface area is 120 Å². The predicted octanol–water partition coefficient (Wildman–Crippen LogP) is 2.81. The summed E-state index contributed by atoms with van der Waals surface area (Å²) in [5.41, 5.74) is 2.07. The number of benzene rings is 1. The van der Waals surface area contributed by atoms with Gasteiger partial charge < -0.3 is 4.74 Å². The summed E-state index contributed by atoms with van der Waals surface area (Å²) in [5, 5.41) is 16.3. The number of ether oxygens (including phenoxy) is 1. The fourth-order valence-electron chi connectivity index (χ4n) is 1.65. The minimum Gasteiger partial charge on any atom is -0.465 e. The number of carbonyl (C=O) groups excluding carboxylic acids is 1. The van der Waals surface area contributed by atoms with Crippen molar-refractivity contribution in [2.75, 3.05) is 7.11 Å². The Balaban J connectivity index is 2.43. The quantitative estimate of drug-likeness (QED) is 0.535. The Morgan fingerprint density at radius 1 is 1.45 bits per heavy atom. The minimum absolute atomic E-state index is 0.0934. The highest BCUT2D eigenvalue weighted by Gasteiger charge is 2.12. The third-order valence-electron chi connectivity index (χ3n) is 2.63. The van der Waals surface area contributed by atoms with Crippen LogP contribution in [0.2, 0.25) is 5.02 Å². The number of nitriles is 1. The van der Waals surface area contributed by atoms with Crippen molar-refractivity contribution in [3.63, 3.8) is 0 Å². The normalized spacial score (nSPS) is 10.9. The number of halogens is 1. The molecule has 0 radical (unpaired) electrons. The van der Waals surface area contributed by atoms with Crippen LogP contribution in [0.4, 0.5) is 0 Å². The van der Waals surface area contributed by atoms with Crippen LogP contribution < -0.4 is 0 Å². The van der Waals surface area contributed by atoms with Crippen molar-refractivity contribution < 1.29 is 9.53 Å². The van der Waals surface area contributed by atoms with E-state index in [4.69, 9.17) is 16.9 Å². The first-order valence-electron chi connectivity index (χ1n) is 5.65. The standard InChI is InChI=1S/C14H10ClN3O2/c1-20-14(19)10(7-16)6-11-8-17-18-13(11)9-2-4-12(15)5-3-9/h2-6,8H,1H3,(H,17,18). The van der Waals surface area contributed by atoms with Crippen molar-refractivity contribution >= 4 is 23.6 Å². The number of nitrogens with one attached hydrogen (secondary N) is 1. The third kappa shape index (κ3) is 2.87. The molecule has 0 bridgehead atoms. The molecule has 0 spiro atoms. The van der Waals surface area contributed by atoms with Gasteiger partial charge in [0.1, 0.15) is 11.6 Å². The highest BCUT2D eigenvalue weighted by Crippen LogP contribution is 2.24. The molecule has 0 aliphatic carbocycles. The van der Waals surface area contributed by atoms with Gasteiger partial charge >= 0.3 is 5.97 Å². The molecule has 2 rings (SSSR count). The molecule has 1 aromatic heterocycles. The molecule has 0 saturated heterocycles. The summed E-state index contributed by atoms with van der Waals surface area (Å²) in [5.74, 6) is -0.684. The van der Waals surface area contributed by atoms with Crippen molar-refractivity contribution in [2.24, 2.45) is 0 Å². The lowest BCUT2D eigenvalue weighted by Gasteiger charge is -2.01. The van der Waals surface area contributed by atoms with Gasteiger partial charge in [-0.15, -0.1) is 0 Å². The Hall–Kier alpha value is -2.58. The molecule has 0 unspecified atom stereocenters. The molecule has 0 saturated carbocycles. The number of esters is 1. The summed E-state index contributed by atoms with van der Waals surface area (Å²) in [6, 6.07) is 8.93. The van der Waals surface area contributed by atoms with Crippen molar-refractivity contribution in [2.45, 2.75) is 0 Å². The van der Waals surface area contributed by atoms with Gasteiger partial charge in [0, 0.05) is 16.1 Å². The molecule has 100 valence electrons. The van der Waals surface area contributed by atoms with Crippen LogP contribution in [0.1, 0.15) is 5.56 Å². The van der Waals surface area contributed by atoms with Crippen LogP contribution in [-0.2, 0) is 9.53 Å². The largest absolute Gasteiger partial charge is 0.465 e. The average Bonchev–Trinajstić information content (AvgIpc) is 2.93. The summed E-state index contributed by atoms with van der Waals surface area (Å²) in [6.07, 6.45) is 2.96. The smallest absolute Gasteiger partial charge is 0.348 e. The first-order valence-corrected chi connectivity index (χ1v) is 6.03. The van der Waals surface area contributed by atoms with E-state index < -0.39 is 5.97 Å². The van der Waals surface area contributed by atoms with E-state index in [1.807, 2.05) is 12.1 Å². The highest BCUT2D eigenvalue weighted by atomic mass is 35.5.